The lowest BCUT2D eigenvalue weighted by Gasteiger charge is -2.17. The van der Waals surface area contributed by atoms with Gasteiger partial charge in [-0.25, -0.2) is 0 Å². The second kappa shape index (κ2) is 6.73. The van der Waals surface area contributed by atoms with Crippen molar-refractivity contribution in [1.29, 1.82) is 0 Å². The minimum absolute atomic E-state index is 0.287. The molecule has 0 aliphatic heterocycles. The Hall–Kier alpha value is -2.50. The minimum Gasteiger partial charge on any atom is -0.481 e. The fourth-order valence-electron chi connectivity index (χ4n) is 2.02. The summed E-state index contributed by atoms with van der Waals surface area (Å²) in [6.07, 6.45) is -5.47. The maximum atomic E-state index is 12.9. The van der Waals surface area contributed by atoms with E-state index in [4.69, 9.17) is 4.74 Å². The summed E-state index contributed by atoms with van der Waals surface area (Å²) in [5.41, 5.74) is -0.224. The summed E-state index contributed by atoms with van der Waals surface area (Å²) in [5, 5.41) is 2.27. The molecular weight excluding hydrogens is 307 g/mol. The van der Waals surface area contributed by atoms with Gasteiger partial charge in [0.2, 0.25) is 0 Å². The van der Waals surface area contributed by atoms with E-state index in [1.54, 1.807) is 18.2 Å². The second-order valence-corrected chi connectivity index (χ2v) is 5.11. The van der Waals surface area contributed by atoms with Crippen molar-refractivity contribution >= 4 is 11.6 Å². The molecule has 0 aromatic heterocycles. The third-order valence-corrected chi connectivity index (χ3v) is 3.16. The van der Waals surface area contributed by atoms with Crippen LogP contribution in [0, 0.1) is 6.92 Å². The van der Waals surface area contributed by atoms with Crippen LogP contribution in [0.2, 0.25) is 0 Å². The van der Waals surface area contributed by atoms with E-state index in [9.17, 15) is 18.0 Å². The maximum Gasteiger partial charge on any atom is 0.418 e. The largest absolute Gasteiger partial charge is 0.481 e. The number of carbonyl (C=O) groups is 1. The molecule has 0 bridgehead atoms. The highest BCUT2D eigenvalue weighted by molar-refractivity contribution is 5.94. The molecule has 0 saturated heterocycles. The number of carbonyl (C=O) groups excluding carboxylic acids is 1. The van der Waals surface area contributed by atoms with Gasteiger partial charge in [0.15, 0.2) is 6.10 Å². The van der Waals surface area contributed by atoms with Crippen LogP contribution in [0.25, 0.3) is 0 Å². The van der Waals surface area contributed by atoms with Gasteiger partial charge in [0.25, 0.3) is 5.91 Å². The van der Waals surface area contributed by atoms with Gasteiger partial charge in [-0.15, -0.1) is 0 Å². The van der Waals surface area contributed by atoms with Crippen LogP contribution >= 0.6 is 0 Å². The van der Waals surface area contributed by atoms with Crippen molar-refractivity contribution in [2.75, 3.05) is 5.32 Å². The number of benzene rings is 2. The smallest absolute Gasteiger partial charge is 0.418 e. The molecule has 1 amide bonds. The molecule has 0 radical (unpaired) electrons. The van der Waals surface area contributed by atoms with E-state index in [-0.39, 0.29) is 5.69 Å². The lowest BCUT2D eigenvalue weighted by molar-refractivity contribution is -0.137. The fourth-order valence-corrected chi connectivity index (χ4v) is 2.02. The highest BCUT2D eigenvalue weighted by atomic mass is 19.4. The van der Waals surface area contributed by atoms with Crippen molar-refractivity contribution in [2.24, 2.45) is 0 Å². The van der Waals surface area contributed by atoms with Gasteiger partial charge in [0.1, 0.15) is 5.75 Å². The molecule has 0 saturated carbocycles. The summed E-state index contributed by atoms with van der Waals surface area (Å²) >= 11 is 0. The predicted molar refractivity (Wildman–Crippen MR) is 81.3 cm³/mol. The Morgan fingerprint density at radius 3 is 2.48 bits per heavy atom. The first-order valence-corrected chi connectivity index (χ1v) is 6.98. The Balaban J connectivity index is 2.10. The topological polar surface area (TPSA) is 38.3 Å². The Morgan fingerprint density at radius 1 is 1.13 bits per heavy atom. The van der Waals surface area contributed by atoms with E-state index in [1.165, 1.54) is 25.1 Å². The summed E-state index contributed by atoms with van der Waals surface area (Å²) in [5.74, 6) is -0.167. The molecule has 23 heavy (non-hydrogen) atoms. The zero-order valence-corrected chi connectivity index (χ0v) is 12.6. The van der Waals surface area contributed by atoms with E-state index in [1.807, 2.05) is 13.0 Å². The highest BCUT2D eigenvalue weighted by Crippen LogP contribution is 2.34. The molecule has 6 heteroatoms. The van der Waals surface area contributed by atoms with Crippen LogP contribution in [-0.4, -0.2) is 12.0 Å². The van der Waals surface area contributed by atoms with Gasteiger partial charge in [0, 0.05) is 0 Å². The average Bonchev–Trinajstić information content (AvgIpc) is 2.46. The molecule has 2 rings (SSSR count). The molecule has 0 spiro atoms. The van der Waals surface area contributed by atoms with E-state index >= 15 is 0 Å². The van der Waals surface area contributed by atoms with Crippen LogP contribution in [0.5, 0.6) is 5.75 Å². The monoisotopic (exact) mass is 323 g/mol. The number of halogens is 3. The molecule has 122 valence electrons. The number of amides is 1. The van der Waals surface area contributed by atoms with E-state index in [2.05, 4.69) is 5.32 Å². The Labute approximate surface area is 132 Å². The van der Waals surface area contributed by atoms with E-state index in [0.29, 0.717) is 5.75 Å². The lowest BCUT2D eigenvalue weighted by atomic mass is 10.1. The van der Waals surface area contributed by atoms with E-state index in [0.717, 1.165) is 11.6 Å². The van der Waals surface area contributed by atoms with Gasteiger partial charge >= 0.3 is 6.18 Å². The number of hydrogen-bond acceptors (Lipinski definition) is 2. The van der Waals surface area contributed by atoms with Crippen LogP contribution in [0.4, 0.5) is 18.9 Å². The third kappa shape index (κ3) is 4.48. The molecular formula is C17H16F3NO2. The second-order valence-electron chi connectivity index (χ2n) is 5.11. The summed E-state index contributed by atoms with van der Waals surface area (Å²) in [4.78, 5) is 12.1. The van der Waals surface area contributed by atoms with Crippen LogP contribution in [0.1, 0.15) is 18.1 Å². The van der Waals surface area contributed by atoms with Crippen molar-refractivity contribution in [1.82, 2.24) is 0 Å². The van der Waals surface area contributed by atoms with Gasteiger partial charge in [-0.3, -0.25) is 4.79 Å². The van der Waals surface area contributed by atoms with Crippen molar-refractivity contribution in [3.05, 3.63) is 59.7 Å². The van der Waals surface area contributed by atoms with Crippen LogP contribution < -0.4 is 10.1 Å². The zero-order chi connectivity index (χ0) is 17.0. The normalized spacial score (nSPS) is 12.6. The van der Waals surface area contributed by atoms with Crippen molar-refractivity contribution in [3.63, 3.8) is 0 Å². The number of aryl methyl sites for hydroxylation is 1. The first-order valence-electron chi connectivity index (χ1n) is 6.98. The molecule has 2 aromatic rings. The molecule has 1 N–H and O–H groups in total. The highest BCUT2D eigenvalue weighted by Gasteiger charge is 2.33. The molecule has 2 aromatic carbocycles. The molecule has 3 nitrogen and oxygen atoms in total. The summed E-state index contributed by atoms with van der Waals surface area (Å²) in [6.45, 7) is 3.35. The van der Waals surface area contributed by atoms with Gasteiger partial charge in [-0.05, 0) is 43.7 Å². The van der Waals surface area contributed by atoms with Gasteiger partial charge < -0.3 is 10.1 Å². The number of ether oxygens (including phenoxy) is 1. The van der Waals surface area contributed by atoms with E-state index < -0.39 is 23.8 Å². The predicted octanol–water partition coefficient (Wildman–Crippen LogP) is 4.42. The van der Waals surface area contributed by atoms with Crippen LogP contribution in [-0.2, 0) is 11.0 Å². The van der Waals surface area contributed by atoms with Gasteiger partial charge in [-0.1, -0.05) is 24.3 Å². The van der Waals surface area contributed by atoms with Crippen molar-refractivity contribution in [2.45, 2.75) is 26.1 Å². The number of anilines is 1. The molecule has 0 fully saturated rings. The van der Waals surface area contributed by atoms with Gasteiger partial charge in [-0.2, -0.15) is 13.2 Å². The molecule has 0 heterocycles. The average molecular weight is 323 g/mol. The Bertz CT molecular complexity index is 698. The number of hydrogen-bond donors (Lipinski definition) is 1. The standard InChI is InChI=1S/C17H16F3NO2/c1-11-6-5-7-13(10-11)23-12(2)16(22)21-15-9-4-3-8-14(15)17(18,19)20/h3-10,12H,1-2H3,(H,21,22)/t12-/m1/s1. The van der Waals surface area contributed by atoms with Crippen molar-refractivity contribution < 1.29 is 22.7 Å². The Kier molecular flexibility index (Phi) is 4.93. The SMILES string of the molecule is Cc1cccc(O[C@H](C)C(=O)Nc2ccccc2C(F)(F)F)c1. The van der Waals surface area contributed by atoms with Crippen LogP contribution in [0.3, 0.4) is 0 Å². The quantitative estimate of drug-likeness (QED) is 0.904. The minimum atomic E-state index is -4.54. The molecule has 0 aliphatic carbocycles. The Morgan fingerprint density at radius 2 is 1.83 bits per heavy atom. The van der Waals surface area contributed by atoms with Gasteiger partial charge in [0.05, 0.1) is 11.3 Å². The number of nitrogens with one attached hydrogen (secondary N) is 1. The lowest BCUT2D eigenvalue weighted by Crippen LogP contribution is -2.31. The van der Waals surface area contributed by atoms with Crippen LogP contribution in [0.15, 0.2) is 48.5 Å². The fraction of sp³-hybridized carbons (Fsp3) is 0.235. The zero-order valence-electron chi connectivity index (χ0n) is 12.6. The maximum absolute atomic E-state index is 12.9. The summed E-state index contributed by atoms with van der Waals surface area (Å²) in [6, 6.07) is 11.9. The van der Waals surface area contributed by atoms with Crippen molar-refractivity contribution in [3.8, 4) is 5.75 Å². The number of rotatable bonds is 4. The molecule has 0 unspecified atom stereocenters. The summed E-state index contributed by atoms with van der Waals surface area (Å²) in [7, 11) is 0. The first kappa shape index (κ1) is 16.9. The molecule has 1 atom stereocenters. The third-order valence-electron chi connectivity index (χ3n) is 3.16. The first-order chi connectivity index (χ1) is 10.8. The molecule has 0 aliphatic rings. The summed E-state index contributed by atoms with van der Waals surface area (Å²) < 4.78 is 44.2. The number of para-hydroxylation sites is 1. The number of alkyl halides is 3.